The Kier molecular flexibility index (Phi) is 11.2. The second kappa shape index (κ2) is 10.4. The molecule has 0 bridgehead atoms. The van der Waals surface area contributed by atoms with Gasteiger partial charge in [-0.15, -0.1) is 0 Å². The van der Waals surface area contributed by atoms with Gasteiger partial charge in [0.15, 0.2) is 0 Å². The average molecular weight is 228 g/mol. The maximum Gasteiger partial charge on any atom is 0.327 e. The average Bonchev–Trinajstić information content (AvgIpc) is 2.19. The van der Waals surface area contributed by atoms with Crippen molar-refractivity contribution in [3.63, 3.8) is 0 Å². The van der Waals surface area contributed by atoms with E-state index in [1.807, 2.05) is 0 Å². The molecule has 0 aliphatic heterocycles. The van der Waals surface area contributed by atoms with Crippen molar-refractivity contribution in [2.45, 2.75) is 47.0 Å². The fourth-order valence-electron chi connectivity index (χ4n) is 1.31. The summed E-state index contributed by atoms with van der Waals surface area (Å²) in [5.74, 6) is 0.301. The minimum Gasteiger partial charge on any atom is -0.478 e. The summed E-state index contributed by atoms with van der Waals surface area (Å²) in [4.78, 5) is 20.7. The van der Waals surface area contributed by atoms with E-state index in [0.29, 0.717) is 17.6 Å². The highest BCUT2D eigenvalue weighted by Crippen LogP contribution is 2.14. The molecule has 0 spiro atoms. The van der Waals surface area contributed by atoms with Crippen molar-refractivity contribution in [1.82, 2.24) is 0 Å². The Bertz CT molecular complexity index is 215. The minimum absolute atomic E-state index is 0.317. The maximum absolute atomic E-state index is 11.4. The van der Waals surface area contributed by atoms with Crippen LogP contribution in [0.1, 0.15) is 47.0 Å². The number of carbonyl (C=O) groups excluding carboxylic acids is 1. The third-order valence-corrected chi connectivity index (χ3v) is 2.22. The van der Waals surface area contributed by atoms with Crippen LogP contribution in [0.3, 0.4) is 0 Å². The molecule has 0 saturated heterocycles. The molecular formula is C13H24O3. The molecule has 0 aliphatic rings. The summed E-state index contributed by atoms with van der Waals surface area (Å²) in [6, 6.07) is 0. The first-order valence-corrected chi connectivity index (χ1v) is 5.76. The number of hydrogen-bond donors (Lipinski definition) is 1. The highest BCUT2D eigenvalue weighted by Gasteiger charge is 2.14. The SMILES string of the molecule is C=CC(=O)O.CCC(CC)C(=O)CC(C)C. The second-order valence-electron chi connectivity index (χ2n) is 4.12. The molecule has 0 amide bonds. The van der Waals surface area contributed by atoms with Gasteiger partial charge in [0.2, 0.25) is 0 Å². The summed E-state index contributed by atoms with van der Waals surface area (Å²) in [5.41, 5.74) is 0. The second-order valence-corrected chi connectivity index (χ2v) is 4.12. The molecule has 0 fully saturated rings. The predicted molar refractivity (Wildman–Crippen MR) is 66.4 cm³/mol. The topological polar surface area (TPSA) is 54.4 Å². The summed E-state index contributed by atoms with van der Waals surface area (Å²) >= 11 is 0. The van der Waals surface area contributed by atoms with Crippen LogP contribution < -0.4 is 0 Å². The van der Waals surface area contributed by atoms with Crippen LogP contribution in [-0.2, 0) is 9.59 Å². The highest BCUT2D eigenvalue weighted by molar-refractivity contribution is 5.81. The van der Waals surface area contributed by atoms with Gasteiger partial charge in [-0.25, -0.2) is 4.79 Å². The van der Waals surface area contributed by atoms with Gasteiger partial charge in [0.05, 0.1) is 0 Å². The number of carboxylic acids is 1. The first-order valence-electron chi connectivity index (χ1n) is 5.76. The van der Waals surface area contributed by atoms with E-state index in [2.05, 4.69) is 34.3 Å². The van der Waals surface area contributed by atoms with Gasteiger partial charge in [0.1, 0.15) is 5.78 Å². The zero-order chi connectivity index (χ0) is 13.1. The van der Waals surface area contributed by atoms with Crippen LogP contribution in [0.4, 0.5) is 0 Å². The standard InChI is InChI=1S/C10H20O.C3H4O2/c1-5-9(6-2)10(11)7-8(3)4;1-2-3(4)5/h8-9H,5-7H2,1-4H3;2H,1H2,(H,4,5). The zero-order valence-electron chi connectivity index (χ0n) is 10.8. The summed E-state index contributed by atoms with van der Waals surface area (Å²) in [5, 5.41) is 7.60. The van der Waals surface area contributed by atoms with E-state index in [1.165, 1.54) is 0 Å². The lowest BCUT2D eigenvalue weighted by molar-refractivity contribution is -0.131. The summed E-state index contributed by atoms with van der Waals surface area (Å²) in [6.07, 6.45) is 3.59. The fraction of sp³-hybridized carbons (Fsp3) is 0.692. The number of carbonyl (C=O) groups is 2. The number of carboxylic acid groups (broad SMARTS) is 1. The Labute approximate surface area is 98.6 Å². The normalized spacial score (nSPS) is 9.62. The number of rotatable bonds is 6. The Hall–Kier alpha value is -1.12. The minimum atomic E-state index is -0.981. The molecule has 0 aromatic carbocycles. The van der Waals surface area contributed by atoms with E-state index in [0.717, 1.165) is 25.3 Å². The van der Waals surface area contributed by atoms with Gasteiger partial charge < -0.3 is 5.11 Å². The Balaban J connectivity index is 0. The van der Waals surface area contributed by atoms with Gasteiger partial charge in [0, 0.05) is 18.4 Å². The van der Waals surface area contributed by atoms with E-state index in [1.54, 1.807) is 0 Å². The summed E-state index contributed by atoms with van der Waals surface area (Å²) < 4.78 is 0. The van der Waals surface area contributed by atoms with Crippen LogP contribution in [0, 0.1) is 11.8 Å². The molecule has 0 heterocycles. The van der Waals surface area contributed by atoms with Crippen molar-refractivity contribution in [3.8, 4) is 0 Å². The summed E-state index contributed by atoms with van der Waals surface area (Å²) in [7, 11) is 0. The quantitative estimate of drug-likeness (QED) is 0.710. The van der Waals surface area contributed by atoms with Crippen molar-refractivity contribution in [2.75, 3.05) is 0 Å². The van der Waals surface area contributed by atoms with Gasteiger partial charge in [0.25, 0.3) is 0 Å². The monoisotopic (exact) mass is 228 g/mol. The first kappa shape index (κ1) is 17.3. The van der Waals surface area contributed by atoms with Crippen molar-refractivity contribution >= 4 is 11.8 Å². The molecule has 0 unspecified atom stereocenters. The molecule has 0 rings (SSSR count). The van der Waals surface area contributed by atoms with E-state index in [4.69, 9.17) is 5.11 Å². The Morgan fingerprint density at radius 1 is 1.25 bits per heavy atom. The molecule has 16 heavy (non-hydrogen) atoms. The largest absolute Gasteiger partial charge is 0.478 e. The zero-order valence-corrected chi connectivity index (χ0v) is 10.8. The van der Waals surface area contributed by atoms with Crippen LogP contribution in [0.5, 0.6) is 0 Å². The van der Waals surface area contributed by atoms with E-state index < -0.39 is 5.97 Å². The number of aliphatic carboxylic acids is 1. The molecule has 1 N–H and O–H groups in total. The molecule has 0 aromatic heterocycles. The third-order valence-electron chi connectivity index (χ3n) is 2.22. The molecule has 0 saturated carbocycles. The van der Waals surface area contributed by atoms with Crippen molar-refractivity contribution in [3.05, 3.63) is 12.7 Å². The first-order chi connectivity index (χ1) is 7.38. The molecular weight excluding hydrogens is 204 g/mol. The number of Topliss-reactive ketones (excluding diaryl/α,β-unsaturated/α-hetero) is 1. The number of ketones is 1. The maximum atomic E-state index is 11.4. The van der Waals surface area contributed by atoms with E-state index in [9.17, 15) is 9.59 Å². The van der Waals surface area contributed by atoms with Crippen LogP contribution in [0.15, 0.2) is 12.7 Å². The van der Waals surface area contributed by atoms with Crippen LogP contribution in [0.25, 0.3) is 0 Å². The van der Waals surface area contributed by atoms with Crippen molar-refractivity contribution in [2.24, 2.45) is 11.8 Å². The van der Waals surface area contributed by atoms with Gasteiger partial charge in [-0.3, -0.25) is 4.79 Å². The lowest BCUT2D eigenvalue weighted by Gasteiger charge is -2.11. The van der Waals surface area contributed by atoms with Crippen molar-refractivity contribution in [1.29, 1.82) is 0 Å². The highest BCUT2D eigenvalue weighted by atomic mass is 16.4. The molecule has 0 atom stereocenters. The van der Waals surface area contributed by atoms with Gasteiger partial charge in [-0.2, -0.15) is 0 Å². The van der Waals surface area contributed by atoms with Crippen molar-refractivity contribution < 1.29 is 14.7 Å². The molecule has 0 aliphatic carbocycles. The smallest absolute Gasteiger partial charge is 0.327 e. The van der Waals surface area contributed by atoms with Crippen LogP contribution in [-0.4, -0.2) is 16.9 Å². The van der Waals surface area contributed by atoms with Gasteiger partial charge >= 0.3 is 5.97 Å². The van der Waals surface area contributed by atoms with Crippen LogP contribution >= 0.6 is 0 Å². The predicted octanol–water partition coefficient (Wildman–Crippen LogP) is 3.29. The lowest BCUT2D eigenvalue weighted by atomic mass is 9.92. The van der Waals surface area contributed by atoms with Gasteiger partial charge in [-0.1, -0.05) is 34.3 Å². The third kappa shape index (κ3) is 11.0. The molecule has 0 radical (unpaired) electrons. The lowest BCUT2D eigenvalue weighted by Crippen LogP contribution is -2.14. The number of hydrogen-bond acceptors (Lipinski definition) is 2. The molecule has 3 nitrogen and oxygen atoms in total. The Morgan fingerprint density at radius 3 is 1.81 bits per heavy atom. The summed E-state index contributed by atoms with van der Waals surface area (Å²) in [6.45, 7) is 11.3. The molecule has 94 valence electrons. The molecule has 3 heteroatoms. The van der Waals surface area contributed by atoms with E-state index >= 15 is 0 Å². The van der Waals surface area contributed by atoms with Crippen LogP contribution in [0.2, 0.25) is 0 Å². The van der Waals surface area contributed by atoms with E-state index in [-0.39, 0.29) is 0 Å². The molecule has 0 aromatic rings. The fourth-order valence-corrected chi connectivity index (χ4v) is 1.31. The Morgan fingerprint density at radius 2 is 1.62 bits per heavy atom. The van der Waals surface area contributed by atoms with Gasteiger partial charge in [-0.05, 0) is 18.8 Å².